The van der Waals surface area contributed by atoms with Crippen LogP contribution in [-0.2, 0) is 6.54 Å². The fourth-order valence-corrected chi connectivity index (χ4v) is 4.54. The van der Waals surface area contributed by atoms with E-state index in [-0.39, 0.29) is 0 Å². The lowest BCUT2D eigenvalue weighted by molar-refractivity contribution is 0.100. The Kier molecular flexibility index (Phi) is 6.74. The van der Waals surface area contributed by atoms with Crippen LogP contribution in [0.2, 0.25) is 0 Å². The minimum atomic E-state index is -0.474. The summed E-state index contributed by atoms with van der Waals surface area (Å²) in [5, 5.41) is 0. The van der Waals surface area contributed by atoms with Gasteiger partial charge in [-0.2, -0.15) is 0 Å². The number of amides is 1. The first-order chi connectivity index (χ1) is 17.1. The third-order valence-corrected chi connectivity index (χ3v) is 6.66. The first kappa shape index (κ1) is 23.0. The lowest BCUT2D eigenvalue weighted by Gasteiger charge is -2.35. The van der Waals surface area contributed by atoms with Gasteiger partial charge in [-0.1, -0.05) is 36.4 Å². The summed E-state index contributed by atoms with van der Waals surface area (Å²) in [5.41, 5.74) is 9.53. The minimum absolute atomic E-state index is 0.437. The van der Waals surface area contributed by atoms with Crippen molar-refractivity contribution >= 4 is 22.8 Å². The van der Waals surface area contributed by atoms with E-state index in [4.69, 9.17) is 5.73 Å². The van der Waals surface area contributed by atoms with E-state index in [0.29, 0.717) is 22.4 Å². The van der Waals surface area contributed by atoms with E-state index in [1.807, 2.05) is 24.4 Å². The zero-order valence-electron chi connectivity index (χ0n) is 20.0. The molecular formula is C27H31N7O. The van der Waals surface area contributed by atoms with Crippen LogP contribution < -0.4 is 10.6 Å². The van der Waals surface area contributed by atoms with Gasteiger partial charge in [0.25, 0.3) is 5.91 Å². The number of aromatic amines is 1. The first-order valence-electron chi connectivity index (χ1n) is 12.0. The van der Waals surface area contributed by atoms with Crippen molar-refractivity contribution in [3.8, 4) is 11.4 Å². The molecule has 0 aliphatic carbocycles. The normalized spacial score (nSPS) is 14.9. The molecule has 0 unspecified atom stereocenters. The number of rotatable bonds is 8. The molecule has 3 heterocycles. The average Bonchev–Trinajstić information content (AvgIpc) is 3.33. The summed E-state index contributed by atoms with van der Waals surface area (Å²) in [5.74, 6) is 1.12. The summed E-state index contributed by atoms with van der Waals surface area (Å²) in [6, 6.07) is 20.0. The maximum absolute atomic E-state index is 11.7. The number of benzene rings is 2. The van der Waals surface area contributed by atoms with Gasteiger partial charge >= 0.3 is 0 Å². The van der Waals surface area contributed by atoms with E-state index in [1.54, 1.807) is 12.1 Å². The number of primary amides is 1. The number of H-pyrrole nitrogens is 1. The Bertz CT molecular complexity index is 1280. The molecular weight excluding hydrogens is 438 g/mol. The van der Waals surface area contributed by atoms with Crippen LogP contribution in [0.4, 0.5) is 5.82 Å². The Balaban J connectivity index is 1.14. The number of anilines is 1. The van der Waals surface area contributed by atoms with Crippen LogP contribution in [0.15, 0.2) is 66.9 Å². The van der Waals surface area contributed by atoms with E-state index in [2.05, 4.69) is 67.0 Å². The molecule has 180 valence electrons. The Labute approximate surface area is 205 Å². The van der Waals surface area contributed by atoms with E-state index in [1.165, 1.54) is 5.56 Å². The van der Waals surface area contributed by atoms with Crippen molar-refractivity contribution < 1.29 is 4.79 Å². The highest BCUT2D eigenvalue weighted by molar-refractivity contribution is 6.04. The van der Waals surface area contributed by atoms with Crippen LogP contribution in [0.25, 0.3) is 22.4 Å². The lowest BCUT2D eigenvalue weighted by atomic mass is 10.2. The molecule has 4 aromatic rings. The Morgan fingerprint density at radius 2 is 1.77 bits per heavy atom. The van der Waals surface area contributed by atoms with Crippen LogP contribution in [0.5, 0.6) is 0 Å². The summed E-state index contributed by atoms with van der Waals surface area (Å²) in [4.78, 5) is 31.4. The second kappa shape index (κ2) is 10.2. The molecule has 0 bridgehead atoms. The molecule has 3 N–H and O–H groups in total. The highest BCUT2D eigenvalue weighted by atomic mass is 16.1. The zero-order chi connectivity index (χ0) is 24.2. The number of nitrogens with zero attached hydrogens (tertiary/aromatic N) is 5. The fourth-order valence-electron chi connectivity index (χ4n) is 4.54. The van der Waals surface area contributed by atoms with Crippen molar-refractivity contribution in [3.05, 3.63) is 78.0 Å². The maximum atomic E-state index is 11.7. The molecule has 2 aromatic carbocycles. The number of fused-ring (bicyclic) bond motifs is 1. The third-order valence-electron chi connectivity index (χ3n) is 6.66. The molecule has 1 saturated heterocycles. The second-order valence-corrected chi connectivity index (χ2v) is 9.08. The summed E-state index contributed by atoms with van der Waals surface area (Å²) < 4.78 is 0. The number of pyridine rings is 1. The SMILES string of the molecule is CN(CCN1CCN(Cc2ccccc2)CC1)c1ccc(-c2nc3cccc(C(N)=O)c3[nH]2)cn1. The van der Waals surface area contributed by atoms with Gasteiger partial charge in [0.2, 0.25) is 0 Å². The van der Waals surface area contributed by atoms with Crippen molar-refractivity contribution in [2.24, 2.45) is 5.73 Å². The number of likely N-dealkylation sites (N-methyl/N-ethyl adjacent to an activating group) is 1. The monoisotopic (exact) mass is 469 g/mol. The van der Waals surface area contributed by atoms with E-state index in [0.717, 1.165) is 57.2 Å². The molecule has 2 aromatic heterocycles. The molecule has 0 radical (unpaired) electrons. The second-order valence-electron chi connectivity index (χ2n) is 9.08. The number of para-hydroxylation sites is 1. The molecule has 1 aliphatic heterocycles. The molecule has 0 atom stereocenters. The number of aromatic nitrogens is 3. The van der Waals surface area contributed by atoms with Gasteiger partial charge in [0.05, 0.1) is 16.6 Å². The predicted octanol–water partition coefficient (Wildman–Crippen LogP) is 2.98. The topological polar surface area (TPSA) is 94.4 Å². The molecule has 35 heavy (non-hydrogen) atoms. The van der Waals surface area contributed by atoms with Crippen molar-refractivity contribution in [1.82, 2.24) is 24.8 Å². The van der Waals surface area contributed by atoms with Crippen LogP contribution in [0.1, 0.15) is 15.9 Å². The summed E-state index contributed by atoms with van der Waals surface area (Å²) in [6.45, 7) is 7.33. The standard InChI is InChI=1S/C27H31N7O/c1-32(12-13-33-14-16-34(17-15-33)19-20-6-3-2-4-7-20)24-11-10-21(18-29-24)27-30-23-9-5-8-22(26(28)35)25(23)31-27/h2-11,18H,12-17,19H2,1H3,(H2,28,35)(H,30,31). The predicted molar refractivity (Wildman–Crippen MR) is 139 cm³/mol. The van der Waals surface area contributed by atoms with Gasteiger partial charge in [0.15, 0.2) is 0 Å². The number of hydrogen-bond acceptors (Lipinski definition) is 6. The maximum Gasteiger partial charge on any atom is 0.250 e. The summed E-state index contributed by atoms with van der Waals surface area (Å²) in [6.07, 6.45) is 1.82. The molecule has 8 heteroatoms. The van der Waals surface area contributed by atoms with Crippen molar-refractivity contribution in [2.75, 3.05) is 51.2 Å². The number of carbonyl (C=O) groups excluding carboxylic acids is 1. The molecule has 0 spiro atoms. The number of imidazole rings is 1. The lowest BCUT2D eigenvalue weighted by Crippen LogP contribution is -2.47. The van der Waals surface area contributed by atoms with Gasteiger partial charge in [0.1, 0.15) is 11.6 Å². The number of piperazine rings is 1. The number of nitrogens with one attached hydrogen (secondary N) is 1. The third kappa shape index (κ3) is 5.34. The van der Waals surface area contributed by atoms with Crippen LogP contribution in [-0.4, -0.2) is 77.0 Å². The van der Waals surface area contributed by atoms with Gasteiger partial charge in [-0.3, -0.25) is 14.6 Å². The highest BCUT2D eigenvalue weighted by Crippen LogP contribution is 2.23. The molecule has 5 rings (SSSR count). The number of hydrogen-bond donors (Lipinski definition) is 2. The molecule has 0 saturated carbocycles. The molecule has 1 amide bonds. The van der Waals surface area contributed by atoms with Gasteiger partial charge < -0.3 is 15.6 Å². The molecule has 1 fully saturated rings. The van der Waals surface area contributed by atoms with Crippen molar-refractivity contribution in [3.63, 3.8) is 0 Å². The van der Waals surface area contributed by atoms with Crippen LogP contribution >= 0.6 is 0 Å². The van der Waals surface area contributed by atoms with Gasteiger partial charge in [0, 0.05) is 64.6 Å². The first-order valence-corrected chi connectivity index (χ1v) is 12.0. The van der Waals surface area contributed by atoms with Crippen molar-refractivity contribution in [1.29, 1.82) is 0 Å². The minimum Gasteiger partial charge on any atom is -0.366 e. The average molecular weight is 470 g/mol. The fraction of sp³-hybridized carbons (Fsp3) is 0.296. The summed E-state index contributed by atoms with van der Waals surface area (Å²) >= 11 is 0. The highest BCUT2D eigenvalue weighted by Gasteiger charge is 2.17. The quantitative estimate of drug-likeness (QED) is 0.412. The Morgan fingerprint density at radius 1 is 1.00 bits per heavy atom. The van der Waals surface area contributed by atoms with E-state index < -0.39 is 5.91 Å². The van der Waals surface area contributed by atoms with Crippen LogP contribution in [0, 0.1) is 0 Å². The largest absolute Gasteiger partial charge is 0.366 e. The Morgan fingerprint density at radius 3 is 2.49 bits per heavy atom. The van der Waals surface area contributed by atoms with E-state index in [9.17, 15) is 4.79 Å². The summed E-state index contributed by atoms with van der Waals surface area (Å²) in [7, 11) is 2.08. The molecule has 8 nitrogen and oxygen atoms in total. The van der Waals surface area contributed by atoms with Crippen molar-refractivity contribution in [2.45, 2.75) is 6.54 Å². The molecule has 1 aliphatic rings. The van der Waals surface area contributed by atoms with Crippen LogP contribution in [0.3, 0.4) is 0 Å². The van der Waals surface area contributed by atoms with Gasteiger partial charge in [-0.05, 0) is 29.8 Å². The Hall–Kier alpha value is -3.75. The number of nitrogens with two attached hydrogens (primary N) is 1. The number of carbonyl (C=O) groups is 1. The van der Waals surface area contributed by atoms with Gasteiger partial charge in [-0.15, -0.1) is 0 Å². The smallest absolute Gasteiger partial charge is 0.250 e. The van der Waals surface area contributed by atoms with E-state index >= 15 is 0 Å². The zero-order valence-corrected chi connectivity index (χ0v) is 20.0. The van der Waals surface area contributed by atoms with Gasteiger partial charge in [-0.25, -0.2) is 9.97 Å².